The minimum absolute atomic E-state index is 0.00231. The maximum Gasteiger partial charge on any atom is 0.219 e. The summed E-state index contributed by atoms with van der Waals surface area (Å²) in [6.07, 6.45) is 3.05. The van der Waals surface area contributed by atoms with Crippen molar-refractivity contribution >= 4 is 29.4 Å². The monoisotopic (exact) mass is 596 g/mol. The number of ether oxygens (including phenoxy) is 4. The van der Waals surface area contributed by atoms with Crippen LogP contribution in [0.4, 0.5) is 5.69 Å². The number of nitrogens with one attached hydrogen (secondary N) is 2. The molecule has 0 aromatic heterocycles. The number of hydrogen-bond donors (Lipinski definition) is 2. The molecule has 42 heavy (non-hydrogen) atoms. The van der Waals surface area contributed by atoms with Gasteiger partial charge in [-0.25, -0.2) is 0 Å². The molecule has 1 atom stereocenters. The fourth-order valence-electron chi connectivity index (χ4n) is 3.41. The van der Waals surface area contributed by atoms with E-state index in [0.29, 0.717) is 82.7 Å². The van der Waals surface area contributed by atoms with E-state index in [1.807, 2.05) is 27.7 Å². The van der Waals surface area contributed by atoms with E-state index < -0.39 is 0 Å². The summed E-state index contributed by atoms with van der Waals surface area (Å²) in [6.45, 7) is 18.1. The maximum absolute atomic E-state index is 11.7. The SMILES string of the molecule is CC.CCCOCCOCCOCCOCCNc1ccc(C(C)=O)c(C(C)=O)c1.CNC(=O)CCC(C=O)C(C)C. The second kappa shape index (κ2) is 28.5. The summed E-state index contributed by atoms with van der Waals surface area (Å²) < 4.78 is 21.6. The normalized spacial score (nSPS) is 11.0. The van der Waals surface area contributed by atoms with Crippen molar-refractivity contribution in [1.82, 2.24) is 5.32 Å². The number of carbonyl (C=O) groups is 4. The Kier molecular flexibility index (Phi) is 28.1. The Morgan fingerprint density at radius 2 is 1.31 bits per heavy atom. The zero-order chi connectivity index (χ0) is 32.2. The van der Waals surface area contributed by atoms with Gasteiger partial charge >= 0.3 is 0 Å². The van der Waals surface area contributed by atoms with Crippen LogP contribution >= 0.6 is 0 Å². The highest BCUT2D eigenvalue weighted by molar-refractivity contribution is 6.07. The Balaban J connectivity index is 0. The summed E-state index contributed by atoms with van der Waals surface area (Å²) in [6, 6.07) is 5.17. The number of ketones is 2. The van der Waals surface area contributed by atoms with Crippen molar-refractivity contribution in [1.29, 1.82) is 0 Å². The smallest absolute Gasteiger partial charge is 0.219 e. The van der Waals surface area contributed by atoms with Gasteiger partial charge in [0, 0.05) is 49.4 Å². The average Bonchev–Trinajstić information content (AvgIpc) is 2.98. The van der Waals surface area contributed by atoms with E-state index in [1.165, 1.54) is 13.8 Å². The molecule has 0 aliphatic rings. The molecule has 1 unspecified atom stereocenters. The standard InChI is InChI=1S/C21H33NO6.C9H17NO2.C2H6/c1-4-8-25-10-12-27-14-15-28-13-11-26-9-7-22-19-5-6-20(17(2)23)21(16-19)18(3)24;1-7(2)8(6-11)4-5-9(12)10-3;1-2/h5-6,16,22H,4,7-15H2,1-3H3;6-8H,4-5H2,1-3H3,(H,10,12);1-2H3. The fraction of sp³-hybridized carbons (Fsp3) is 0.688. The van der Waals surface area contributed by atoms with E-state index in [-0.39, 0.29) is 23.4 Å². The molecule has 0 aliphatic heterocycles. The molecule has 1 aromatic carbocycles. The molecule has 0 bridgehead atoms. The minimum Gasteiger partial charge on any atom is -0.383 e. The number of anilines is 1. The summed E-state index contributed by atoms with van der Waals surface area (Å²) >= 11 is 0. The lowest BCUT2D eigenvalue weighted by Gasteiger charge is -2.12. The van der Waals surface area contributed by atoms with Gasteiger partial charge in [-0.2, -0.15) is 0 Å². The van der Waals surface area contributed by atoms with Gasteiger partial charge in [0.2, 0.25) is 5.91 Å². The third-order valence-corrected chi connectivity index (χ3v) is 5.83. The van der Waals surface area contributed by atoms with Gasteiger partial charge in [-0.1, -0.05) is 34.6 Å². The van der Waals surface area contributed by atoms with Gasteiger partial charge in [0.15, 0.2) is 11.6 Å². The molecule has 1 rings (SSSR count). The second-order valence-electron chi connectivity index (χ2n) is 9.50. The second-order valence-corrected chi connectivity index (χ2v) is 9.50. The summed E-state index contributed by atoms with van der Waals surface area (Å²) in [5.41, 5.74) is 1.67. The predicted molar refractivity (Wildman–Crippen MR) is 168 cm³/mol. The van der Waals surface area contributed by atoms with Crippen LogP contribution in [0.25, 0.3) is 0 Å². The van der Waals surface area contributed by atoms with Crippen molar-refractivity contribution in [3.63, 3.8) is 0 Å². The molecule has 0 fully saturated rings. The molecule has 0 aliphatic carbocycles. The van der Waals surface area contributed by atoms with Crippen molar-refractivity contribution < 1.29 is 38.1 Å². The van der Waals surface area contributed by atoms with Crippen LogP contribution in [0.1, 0.15) is 88.4 Å². The molecule has 2 N–H and O–H groups in total. The number of Topliss-reactive ketones (excluding diaryl/α,β-unsaturated/α-hetero) is 2. The molecule has 1 aromatic rings. The lowest BCUT2D eigenvalue weighted by molar-refractivity contribution is -0.121. The zero-order valence-electron chi connectivity index (χ0n) is 27.2. The first-order valence-corrected chi connectivity index (χ1v) is 15.0. The van der Waals surface area contributed by atoms with Gasteiger partial charge in [0.05, 0.1) is 46.2 Å². The molecule has 0 heterocycles. The lowest BCUT2D eigenvalue weighted by Crippen LogP contribution is -2.20. The van der Waals surface area contributed by atoms with E-state index in [1.54, 1.807) is 25.2 Å². The molecular weight excluding hydrogens is 540 g/mol. The van der Waals surface area contributed by atoms with Crippen LogP contribution in [0.15, 0.2) is 18.2 Å². The highest BCUT2D eigenvalue weighted by Crippen LogP contribution is 2.17. The first-order valence-electron chi connectivity index (χ1n) is 15.0. The quantitative estimate of drug-likeness (QED) is 0.108. The molecule has 0 spiro atoms. The number of hydrogen-bond acceptors (Lipinski definition) is 9. The molecule has 1 amide bonds. The number of carbonyl (C=O) groups excluding carboxylic acids is 4. The van der Waals surface area contributed by atoms with Gasteiger partial charge in [0.25, 0.3) is 0 Å². The number of aldehydes is 1. The van der Waals surface area contributed by atoms with Crippen molar-refractivity contribution in [2.24, 2.45) is 11.8 Å². The van der Waals surface area contributed by atoms with Gasteiger partial charge in [-0.15, -0.1) is 0 Å². The molecule has 10 heteroatoms. The molecule has 10 nitrogen and oxygen atoms in total. The van der Waals surface area contributed by atoms with Crippen LogP contribution in [0.5, 0.6) is 0 Å². The van der Waals surface area contributed by atoms with Gasteiger partial charge in [-0.3, -0.25) is 14.4 Å². The molecule has 0 saturated carbocycles. The lowest BCUT2D eigenvalue weighted by atomic mass is 9.93. The maximum atomic E-state index is 11.7. The third-order valence-electron chi connectivity index (χ3n) is 5.83. The Labute approximate surface area is 253 Å². The van der Waals surface area contributed by atoms with E-state index in [4.69, 9.17) is 18.9 Å². The Morgan fingerprint density at radius 3 is 1.74 bits per heavy atom. The van der Waals surface area contributed by atoms with Crippen LogP contribution in [-0.2, 0) is 28.5 Å². The first-order chi connectivity index (χ1) is 20.2. The van der Waals surface area contributed by atoms with E-state index in [9.17, 15) is 19.2 Å². The number of benzene rings is 1. The Hall–Kier alpha value is -2.66. The van der Waals surface area contributed by atoms with Gasteiger partial charge in [0.1, 0.15) is 6.29 Å². The van der Waals surface area contributed by atoms with Crippen molar-refractivity contribution in [2.45, 2.75) is 67.7 Å². The zero-order valence-corrected chi connectivity index (χ0v) is 27.2. The first kappa shape index (κ1) is 41.5. The van der Waals surface area contributed by atoms with Crippen molar-refractivity contribution in [2.75, 3.05) is 71.8 Å². The fourth-order valence-corrected chi connectivity index (χ4v) is 3.41. The summed E-state index contributed by atoms with van der Waals surface area (Å²) in [7, 11) is 1.60. The van der Waals surface area contributed by atoms with E-state index in [2.05, 4.69) is 17.6 Å². The van der Waals surface area contributed by atoms with Crippen LogP contribution < -0.4 is 10.6 Å². The number of amides is 1. The highest BCUT2D eigenvalue weighted by atomic mass is 16.6. The molecular formula is C32H56N2O8. The molecule has 0 saturated heterocycles. The molecule has 242 valence electrons. The van der Waals surface area contributed by atoms with Crippen LogP contribution in [0, 0.1) is 11.8 Å². The highest BCUT2D eigenvalue weighted by Gasteiger charge is 2.13. The summed E-state index contributed by atoms with van der Waals surface area (Å²) in [5, 5.41) is 5.71. The summed E-state index contributed by atoms with van der Waals surface area (Å²) in [4.78, 5) is 44.6. The Morgan fingerprint density at radius 1 is 0.810 bits per heavy atom. The van der Waals surface area contributed by atoms with Crippen LogP contribution in [-0.4, -0.2) is 90.2 Å². The molecule has 0 radical (unpaired) electrons. The predicted octanol–water partition coefficient (Wildman–Crippen LogP) is 4.99. The van der Waals surface area contributed by atoms with Gasteiger partial charge < -0.3 is 34.4 Å². The van der Waals surface area contributed by atoms with Crippen LogP contribution in [0.3, 0.4) is 0 Å². The van der Waals surface area contributed by atoms with Crippen LogP contribution in [0.2, 0.25) is 0 Å². The van der Waals surface area contributed by atoms with Crippen molar-refractivity contribution in [3.05, 3.63) is 29.3 Å². The van der Waals surface area contributed by atoms with E-state index >= 15 is 0 Å². The van der Waals surface area contributed by atoms with Crippen molar-refractivity contribution in [3.8, 4) is 0 Å². The topological polar surface area (TPSA) is 129 Å². The summed E-state index contributed by atoms with van der Waals surface area (Å²) in [5.74, 6) is 0.104. The largest absolute Gasteiger partial charge is 0.383 e. The van der Waals surface area contributed by atoms with Gasteiger partial charge in [-0.05, 0) is 50.8 Å². The Bertz CT molecular complexity index is 861. The third kappa shape index (κ3) is 22.0. The number of rotatable bonds is 22. The minimum atomic E-state index is -0.125. The average molecular weight is 597 g/mol. The van der Waals surface area contributed by atoms with E-state index in [0.717, 1.165) is 25.0 Å².